The zero-order chi connectivity index (χ0) is 21.2. The van der Waals surface area contributed by atoms with Crippen molar-refractivity contribution in [1.82, 2.24) is 14.4 Å². The molecule has 7 nitrogen and oxygen atoms in total. The molecule has 2 saturated heterocycles. The van der Waals surface area contributed by atoms with Crippen LogP contribution in [0.1, 0.15) is 12.8 Å². The molecular formula is C24H28N4O3. The fourth-order valence-corrected chi connectivity index (χ4v) is 4.87. The van der Waals surface area contributed by atoms with Crippen LogP contribution in [-0.4, -0.2) is 65.6 Å². The van der Waals surface area contributed by atoms with Crippen molar-refractivity contribution < 1.29 is 9.21 Å². The molecule has 1 aromatic heterocycles. The fraction of sp³-hybridized carbons (Fsp3) is 0.417. The van der Waals surface area contributed by atoms with Crippen molar-refractivity contribution in [3.05, 3.63) is 65.1 Å². The molecule has 2 fully saturated rings. The molecule has 0 saturated carbocycles. The molecule has 2 aromatic carbocycles. The molecule has 3 heterocycles. The first-order valence-electron chi connectivity index (χ1n) is 11.1. The van der Waals surface area contributed by atoms with E-state index in [9.17, 15) is 9.59 Å². The van der Waals surface area contributed by atoms with Gasteiger partial charge in [0.2, 0.25) is 5.91 Å². The summed E-state index contributed by atoms with van der Waals surface area (Å²) in [5.74, 6) is -0.501. The number of likely N-dealkylation sites (tertiary alicyclic amines) is 1. The standard InChI is InChI=1S/C24H28N4O3/c29-23(18-28-21-10-4-5-11-22(21)31-24(28)30)27-15-14-26(19-8-2-1-3-9-19)17-20(27)16-25-12-6-7-13-25/h1-5,8-11,20H,6-7,12-18H2. The average molecular weight is 421 g/mol. The first-order chi connectivity index (χ1) is 15.2. The van der Waals surface area contributed by atoms with Gasteiger partial charge in [-0.1, -0.05) is 30.3 Å². The third-order valence-electron chi connectivity index (χ3n) is 6.46. The Balaban J connectivity index is 1.37. The van der Waals surface area contributed by atoms with Crippen LogP contribution in [0.4, 0.5) is 5.69 Å². The lowest BCUT2D eigenvalue weighted by atomic mass is 10.1. The van der Waals surface area contributed by atoms with E-state index in [1.165, 1.54) is 23.1 Å². The van der Waals surface area contributed by atoms with Crippen molar-refractivity contribution >= 4 is 22.7 Å². The number of hydrogen-bond acceptors (Lipinski definition) is 5. The summed E-state index contributed by atoms with van der Waals surface area (Å²) in [6, 6.07) is 17.7. The molecule has 1 atom stereocenters. The van der Waals surface area contributed by atoms with Gasteiger partial charge in [0.05, 0.1) is 11.6 Å². The molecule has 0 N–H and O–H groups in total. The summed E-state index contributed by atoms with van der Waals surface area (Å²) in [6.07, 6.45) is 2.44. The summed E-state index contributed by atoms with van der Waals surface area (Å²) >= 11 is 0. The first-order valence-corrected chi connectivity index (χ1v) is 11.1. The number of hydrogen-bond donors (Lipinski definition) is 0. The van der Waals surface area contributed by atoms with Gasteiger partial charge < -0.3 is 19.1 Å². The molecule has 7 heteroatoms. The Morgan fingerprint density at radius 3 is 2.48 bits per heavy atom. The predicted octanol–water partition coefficient (Wildman–Crippen LogP) is 2.41. The normalized spacial score (nSPS) is 19.9. The van der Waals surface area contributed by atoms with E-state index in [1.54, 1.807) is 6.07 Å². The summed E-state index contributed by atoms with van der Waals surface area (Å²) in [5, 5.41) is 0. The van der Waals surface area contributed by atoms with Crippen LogP contribution in [0.3, 0.4) is 0 Å². The van der Waals surface area contributed by atoms with E-state index in [4.69, 9.17) is 4.42 Å². The van der Waals surface area contributed by atoms with Crippen LogP contribution in [0.2, 0.25) is 0 Å². The second-order valence-corrected chi connectivity index (χ2v) is 8.45. The van der Waals surface area contributed by atoms with Gasteiger partial charge in [0.15, 0.2) is 5.58 Å². The van der Waals surface area contributed by atoms with Gasteiger partial charge in [-0.15, -0.1) is 0 Å². The van der Waals surface area contributed by atoms with Crippen molar-refractivity contribution in [1.29, 1.82) is 0 Å². The molecule has 1 amide bonds. The van der Waals surface area contributed by atoms with Gasteiger partial charge >= 0.3 is 5.76 Å². The predicted molar refractivity (Wildman–Crippen MR) is 120 cm³/mol. The summed E-state index contributed by atoms with van der Waals surface area (Å²) in [4.78, 5) is 32.5. The molecule has 0 radical (unpaired) electrons. The topological polar surface area (TPSA) is 61.9 Å². The van der Waals surface area contributed by atoms with E-state index in [1.807, 2.05) is 29.2 Å². The molecule has 31 heavy (non-hydrogen) atoms. The number of fused-ring (bicyclic) bond motifs is 1. The van der Waals surface area contributed by atoms with E-state index in [0.29, 0.717) is 17.6 Å². The minimum Gasteiger partial charge on any atom is -0.408 e. The molecule has 1 unspecified atom stereocenters. The number of nitrogens with zero attached hydrogens (tertiary/aromatic N) is 4. The van der Waals surface area contributed by atoms with Crippen molar-refractivity contribution in [3.8, 4) is 0 Å². The number of benzene rings is 2. The van der Waals surface area contributed by atoms with Gasteiger partial charge in [-0.2, -0.15) is 0 Å². The van der Waals surface area contributed by atoms with Crippen LogP contribution >= 0.6 is 0 Å². The quantitative estimate of drug-likeness (QED) is 0.634. The molecule has 0 bridgehead atoms. The third kappa shape index (κ3) is 4.10. The lowest BCUT2D eigenvalue weighted by molar-refractivity contribution is -0.135. The number of carbonyl (C=O) groups excluding carboxylic acids is 1. The van der Waals surface area contributed by atoms with Gasteiger partial charge in [0.1, 0.15) is 6.54 Å². The zero-order valence-corrected chi connectivity index (χ0v) is 17.7. The van der Waals surface area contributed by atoms with Crippen LogP contribution in [0.25, 0.3) is 11.1 Å². The van der Waals surface area contributed by atoms with Crippen molar-refractivity contribution in [3.63, 3.8) is 0 Å². The SMILES string of the molecule is O=C(Cn1c(=O)oc2ccccc21)N1CCN(c2ccccc2)CC1CN1CCCC1. The minimum absolute atomic E-state index is 0.0116. The highest BCUT2D eigenvalue weighted by Gasteiger charge is 2.33. The Morgan fingerprint density at radius 1 is 0.935 bits per heavy atom. The van der Waals surface area contributed by atoms with E-state index in [-0.39, 0.29) is 18.5 Å². The molecule has 0 aliphatic carbocycles. The average Bonchev–Trinajstić information content (AvgIpc) is 3.42. The second kappa shape index (κ2) is 8.59. The maximum absolute atomic E-state index is 13.4. The maximum Gasteiger partial charge on any atom is 0.420 e. The molecule has 2 aliphatic rings. The van der Waals surface area contributed by atoms with Gasteiger partial charge in [0, 0.05) is 31.9 Å². The first kappa shape index (κ1) is 19.9. The second-order valence-electron chi connectivity index (χ2n) is 8.45. The van der Waals surface area contributed by atoms with Gasteiger partial charge in [-0.3, -0.25) is 9.36 Å². The van der Waals surface area contributed by atoms with Crippen LogP contribution < -0.4 is 10.7 Å². The number of anilines is 1. The number of amides is 1. The highest BCUT2D eigenvalue weighted by Crippen LogP contribution is 2.21. The smallest absolute Gasteiger partial charge is 0.408 e. The van der Waals surface area contributed by atoms with Crippen LogP contribution in [-0.2, 0) is 11.3 Å². The minimum atomic E-state index is -0.478. The lowest BCUT2D eigenvalue weighted by Crippen LogP contribution is -2.59. The Hall–Kier alpha value is -3.06. The van der Waals surface area contributed by atoms with E-state index < -0.39 is 5.76 Å². The largest absolute Gasteiger partial charge is 0.420 e. The summed E-state index contributed by atoms with van der Waals surface area (Å²) in [6.45, 7) is 5.30. The lowest BCUT2D eigenvalue weighted by Gasteiger charge is -2.43. The Morgan fingerprint density at radius 2 is 1.68 bits per heavy atom. The van der Waals surface area contributed by atoms with Gasteiger partial charge in [0.25, 0.3) is 0 Å². The number of piperazine rings is 1. The number of para-hydroxylation sites is 3. The summed E-state index contributed by atoms with van der Waals surface area (Å²) in [7, 11) is 0. The fourth-order valence-electron chi connectivity index (χ4n) is 4.87. The number of carbonyl (C=O) groups is 1. The van der Waals surface area contributed by atoms with Gasteiger partial charge in [-0.25, -0.2) is 4.79 Å². The summed E-state index contributed by atoms with van der Waals surface area (Å²) in [5.41, 5.74) is 2.38. The monoisotopic (exact) mass is 420 g/mol. The van der Waals surface area contributed by atoms with Gasteiger partial charge in [-0.05, 0) is 50.2 Å². The molecular weight excluding hydrogens is 392 g/mol. The zero-order valence-electron chi connectivity index (χ0n) is 17.7. The Bertz CT molecular complexity index is 1100. The van der Waals surface area contributed by atoms with Crippen LogP contribution in [0, 0.1) is 0 Å². The van der Waals surface area contributed by atoms with Crippen LogP contribution in [0.15, 0.2) is 63.8 Å². The van der Waals surface area contributed by atoms with E-state index in [2.05, 4.69) is 34.1 Å². The Kier molecular flexibility index (Phi) is 5.51. The number of rotatable bonds is 5. The Labute approximate surface area is 181 Å². The van der Waals surface area contributed by atoms with E-state index in [0.717, 1.165) is 32.7 Å². The maximum atomic E-state index is 13.4. The highest BCUT2D eigenvalue weighted by molar-refractivity contribution is 5.80. The molecule has 3 aromatic rings. The van der Waals surface area contributed by atoms with Crippen molar-refractivity contribution in [2.45, 2.75) is 25.4 Å². The molecule has 0 spiro atoms. The van der Waals surface area contributed by atoms with Crippen LogP contribution in [0.5, 0.6) is 0 Å². The molecule has 162 valence electrons. The molecule has 2 aliphatic heterocycles. The van der Waals surface area contributed by atoms with Crippen molar-refractivity contribution in [2.75, 3.05) is 44.2 Å². The summed E-state index contributed by atoms with van der Waals surface area (Å²) < 4.78 is 6.77. The third-order valence-corrected chi connectivity index (χ3v) is 6.46. The van der Waals surface area contributed by atoms with E-state index >= 15 is 0 Å². The van der Waals surface area contributed by atoms with Crippen molar-refractivity contribution in [2.24, 2.45) is 0 Å². The molecule has 5 rings (SSSR count). The highest BCUT2D eigenvalue weighted by atomic mass is 16.4. The number of aromatic nitrogens is 1. The number of oxazole rings is 1.